The Morgan fingerprint density at radius 1 is 1.04 bits per heavy atom. The molecule has 0 aliphatic rings. The zero-order valence-electron chi connectivity index (χ0n) is 14.3. The molecular formula is C19H19N3O3. The Bertz CT molecular complexity index is 888. The van der Waals surface area contributed by atoms with Crippen LogP contribution in [0, 0.1) is 6.92 Å². The molecule has 1 amide bonds. The lowest BCUT2D eigenvalue weighted by atomic mass is 10.1. The van der Waals surface area contributed by atoms with Crippen LogP contribution in [0.25, 0.3) is 5.69 Å². The van der Waals surface area contributed by atoms with Crippen molar-refractivity contribution < 1.29 is 14.3 Å². The third-order valence-corrected chi connectivity index (χ3v) is 3.82. The van der Waals surface area contributed by atoms with E-state index in [-0.39, 0.29) is 5.91 Å². The first kappa shape index (κ1) is 16.6. The monoisotopic (exact) mass is 337 g/mol. The molecule has 0 bridgehead atoms. The van der Waals surface area contributed by atoms with Crippen LogP contribution in [0.15, 0.2) is 54.7 Å². The summed E-state index contributed by atoms with van der Waals surface area (Å²) < 4.78 is 12.2. The highest BCUT2D eigenvalue weighted by atomic mass is 16.5. The molecule has 1 heterocycles. The zero-order valence-corrected chi connectivity index (χ0v) is 14.3. The molecule has 1 aromatic heterocycles. The van der Waals surface area contributed by atoms with Gasteiger partial charge < -0.3 is 14.8 Å². The minimum absolute atomic E-state index is 0.287. The smallest absolute Gasteiger partial charge is 0.276 e. The van der Waals surface area contributed by atoms with E-state index in [2.05, 4.69) is 10.4 Å². The first-order chi connectivity index (χ1) is 12.1. The van der Waals surface area contributed by atoms with Crippen molar-refractivity contribution in [2.75, 3.05) is 19.5 Å². The van der Waals surface area contributed by atoms with Gasteiger partial charge in [-0.2, -0.15) is 5.10 Å². The Morgan fingerprint density at radius 2 is 1.72 bits per heavy atom. The van der Waals surface area contributed by atoms with Crippen molar-refractivity contribution in [2.45, 2.75) is 6.92 Å². The van der Waals surface area contributed by atoms with E-state index in [0.29, 0.717) is 22.9 Å². The summed E-state index contributed by atoms with van der Waals surface area (Å²) in [6.07, 6.45) is 1.76. The third-order valence-electron chi connectivity index (χ3n) is 3.82. The maximum Gasteiger partial charge on any atom is 0.276 e. The summed E-state index contributed by atoms with van der Waals surface area (Å²) in [5.74, 6) is 0.884. The number of benzene rings is 2. The van der Waals surface area contributed by atoms with Gasteiger partial charge in [0.15, 0.2) is 17.2 Å². The van der Waals surface area contributed by atoms with Gasteiger partial charge in [-0.15, -0.1) is 0 Å². The molecule has 6 nitrogen and oxygen atoms in total. The molecule has 25 heavy (non-hydrogen) atoms. The number of nitrogens with one attached hydrogen (secondary N) is 1. The SMILES string of the molecule is COc1cc(C)c(NC(=O)c2ccn(-c3ccccc3)n2)cc1OC. The fourth-order valence-corrected chi connectivity index (χ4v) is 2.47. The largest absolute Gasteiger partial charge is 0.493 e. The second-order valence-electron chi connectivity index (χ2n) is 5.46. The van der Waals surface area contributed by atoms with Crippen molar-refractivity contribution in [3.8, 4) is 17.2 Å². The Morgan fingerprint density at radius 3 is 2.40 bits per heavy atom. The highest BCUT2D eigenvalue weighted by Gasteiger charge is 2.14. The highest BCUT2D eigenvalue weighted by molar-refractivity contribution is 6.03. The molecule has 0 atom stereocenters. The van der Waals surface area contributed by atoms with Crippen LogP contribution in [0.1, 0.15) is 16.1 Å². The maximum atomic E-state index is 12.5. The van der Waals surface area contributed by atoms with E-state index < -0.39 is 0 Å². The molecule has 0 fully saturated rings. The van der Waals surface area contributed by atoms with Gasteiger partial charge in [0.2, 0.25) is 0 Å². The maximum absolute atomic E-state index is 12.5. The average Bonchev–Trinajstić information content (AvgIpc) is 3.14. The van der Waals surface area contributed by atoms with Gasteiger partial charge in [0.05, 0.1) is 19.9 Å². The van der Waals surface area contributed by atoms with Gasteiger partial charge in [0, 0.05) is 18.0 Å². The number of amides is 1. The van der Waals surface area contributed by atoms with Gasteiger partial charge in [-0.05, 0) is 36.8 Å². The number of para-hydroxylation sites is 1. The molecule has 0 aliphatic heterocycles. The minimum atomic E-state index is -0.287. The molecule has 0 saturated carbocycles. The third kappa shape index (κ3) is 3.47. The predicted octanol–water partition coefficient (Wildman–Crippen LogP) is 3.45. The van der Waals surface area contributed by atoms with Crippen molar-refractivity contribution in [1.29, 1.82) is 0 Å². The number of methoxy groups -OCH3 is 2. The Kier molecular flexibility index (Phi) is 4.70. The number of carbonyl (C=O) groups excluding carboxylic acids is 1. The van der Waals surface area contributed by atoms with Gasteiger partial charge in [0.25, 0.3) is 5.91 Å². The van der Waals surface area contributed by atoms with Crippen molar-refractivity contribution in [3.63, 3.8) is 0 Å². The topological polar surface area (TPSA) is 65.4 Å². The van der Waals surface area contributed by atoms with Crippen LogP contribution in [0.5, 0.6) is 11.5 Å². The second-order valence-corrected chi connectivity index (χ2v) is 5.46. The molecule has 0 spiro atoms. The fourth-order valence-electron chi connectivity index (χ4n) is 2.47. The Labute approximate surface area is 146 Å². The number of anilines is 1. The lowest BCUT2D eigenvalue weighted by Crippen LogP contribution is -2.14. The summed E-state index contributed by atoms with van der Waals surface area (Å²) in [5.41, 5.74) is 2.74. The van der Waals surface area contributed by atoms with E-state index in [0.717, 1.165) is 11.3 Å². The number of aryl methyl sites for hydroxylation is 1. The van der Waals surface area contributed by atoms with Gasteiger partial charge in [0.1, 0.15) is 0 Å². The summed E-state index contributed by atoms with van der Waals surface area (Å²) in [6.45, 7) is 1.89. The summed E-state index contributed by atoms with van der Waals surface area (Å²) in [7, 11) is 3.13. The molecule has 2 aromatic carbocycles. The lowest BCUT2D eigenvalue weighted by molar-refractivity contribution is 0.102. The van der Waals surface area contributed by atoms with E-state index in [1.54, 1.807) is 37.2 Å². The zero-order chi connectivity index (χ0) is 17.8. The molecule has 6 heteroatoms. The standard InChI is InChI=1S/C19H19N3O3/c1-13-11-17(24-2)18(25-3)12-16(13)20-19(23)15-9-10-22(21-15)14-7-5-4-6-8-14/h4-12H,1-3H3,(H,20,23). The number of ether oxygens (including phenoxy) is 2. The van der Waals surface area contributed by atoms with E-state index in [9.17, 15) is 4.79 Å². The van der Waals surface area contributed by atoms with Crippen LogP contribution in [-0.4, -0.2) is 29.9 Å². The van der Waals surface area contributed by atoms with Crippen LogP contribution in [0.3, 0.4) is 0 Å². The molecule has 128 valence electrons. The Balaban J connectivity index is 1.82. The van der Waals surface area contributed by atoms with Gasteiger partial charge in [-0.1, -0.05) is 18.2 Å². The number of hydrogen-bond acceptors (Lipinski definition) is 4. The van der Waals surface area contributed by atoms with Crippen molar-refractivity contribution in [3.05, 3.63) is 66.0 Å². The normalized spacial score (nSPS) is 10.4. The number of carbonyl (C=O) groups is 1. The lowest BCUT2D eigenvalue weighted by Gasteiger charge is -2.13. The molecular weight excluding hydrogens is 318 g/mol. The first-order valence-electron chi connectivity index (χ1n) is 7.77. The van der Waals surface area contributed by atoms with Crippen LogP contribution < -0.4 is 14.8 Å². The fraction of sp³-hybridized carbons (Fsp3) is 0.158. The van der Waals surface area contributed by atoms with Gasteiger partial charge in [-0.3, -0.25) is 4.79 Å². The second kappa shape index (κ2) is 7.09. The highest BCUT2D eigenvalue weighted by Crippen LogP contribution is 2.33. The van der Waals surface area contributed by atoms with Crippen molar-refractivity contribution in [1.82, 2.24) is 9.78 Å². The quantitative estimate of drug-likeness (QED) is 0.774. The van der Waals surface area contributed by atoms with E-state index in [1.165, 1.54) is 0 Å². The number of rotatable bonds is 5. The minimum Gasteiger partial charge on any atom is -0.493 e. The average molecular weight is 337 g/mol. The number of aromatic nitrogens is 2. The molecule has 0 aliphatic carbocycles. The summed E-state index contributed by atoms with van der Waals surface area (Å²) in [4.78, 5) is 12.5. The molecule has 3 aromatic rings. The van der Waals surface area contributed by atoms with E-state index >= 15 is 0 Å². The summed E-state index contributed by atoms with van der Waals surface area (Å²) in [6, 6.07) is 14.9. The van der Waals surface area contributed by atoms with Crippen LogP contribution in [0.4, 0.5) is 5.69 Å². The molecule has 3 rings (SSSR count). The van der Waals surface area contributed by atoms with Crippen LogP contribution in [-0.2, 0) is 0 Å². The van der Waals surface area contributed by atoms with Crippen LogP contribution >= 0.6 is 0 Å². The van der Waals surface area contributed by atoms with Crippen molar-refractivity contribution in [2.24, 2.45) is 0 Å². The first-order valence-corrected chi connectivity index (χ1v) is 7.77. The van der Waals surface area contributed by atoms with Gasteiger partial charge in [-0.25, -0.2) is 4.68 Å². The molecule has 0 radical (unpaired) electrons. The number of nitrogens with zero attached hydrogens (tertiary/aromatic N) is 2. The molecule has 1 N–H and O–H groups in total. The summed E-state index contributed by atoms with van der Waals surface area (Å²) >= 11 is 0. The van der Waals surface area contributed by atoms with Crippen molar-refractivity contribution >= 4 is 11.6 Å². The molecule has 0 unspecified atom stereocenters. The van der Waals surface area contributed by atoms with Gasteiger partial charge >= 0.3 is 0 Å². The van der Waals surface area contributed by atoms with E-state index in [1.807, 2.05) is 43.3 Å². The van der Waals surface area contributed by atoms with Crippen LogP contribution in [0.2, 0.25) is 0 Å². The number of hydrogen-bond donors (Lipinski definition) is 1. The summed E-state index contributed by atoms with van der Waals surface area (Å²) in [5, 5.41) is 7.20. The Hall–Kier alpha value is -3.28. The van der Waals surface area contributed by atoms with E-state index in [4.69, 9.17) is 9.47 Å². The predicted molar refractivity (Wildman–Crippen MR) is 95.8 cm³/mol. The molecule has 0 saturated heterocycles.